The van der Waals surface area contributed by atoms with Gasteiger partial charge >= 0.3 is 0 Å². The zero-order chi connectivity index (χ0) is 27.3. The van der Waals surface area contributed by atoms with E-state index in [1.165, 1.54) is 28.0 Å². The van der Waals surface area contributed by atoms with E-state index in [0.717, 1.165) is 56.0 Å². The Hall–Kier alpha value is -4.09. The van der Waals surface area contributed by atoms with Crippen LogP contribution in [0.25, 0.3) is 0 Å². The Morgan fingerprint density at radius 3 is 2.23 bits per heavy atom. The molecule has 0 aromatic heterocycles. The van der Waals surface area contributed by atoms with E-state index in [1.54, 1.807) is 0 Å². The van der Waals surface area contributed by atoms with Gasteiger partial charge in [0, 0.05) is 18.2 Å². The third-order valence-electron chi connectivity index (χ3n) is 7.77. The number of rotatable bonds is 10. The third-order valence-corrected chi connectivity index (χ3v) is 7.77. The summed E-state index contributed by atoms with van der Waals surface area (Å²) in [7, 11) is 0. The highest BCUT2D eigenvalue weighted by molar-refractivity contribution is 6.06. The van der Waals surface area contributed by atoms with Gasteiger partial charge in [0.05, 0.1) is 24.1 Å². The molecule has 3 atom stereocenters. The molecule has 0 radical (unpaired) electrons. The minimum absolute atomic E-state index is 0.183. The molecule has 3 aliphatic rings. The van der Waals surface area contributed by atoms with E-state index in [0.29, 0.717) is 11.8 Å². The van der Waals surface area contributed by atoms with Crippen molar-refractivity contribution >= 4 is 5.71 Å². The first-order chi connectivity index (χ1) is 19.6. The number of nitrogens with one attached hydrogen (secondary N) is 3. The van der Waals surface area contributed by atoms with Crippen molar-refractivity contribution < 1.29 is 9.47 Å². The van der Waals surface area contributed by atoms with E-state index in [2.05, 4.69) is 78.2 Å². The predicted octanol–water partition coefficient (Wildman–Crippen LogP) is 7.33. The SMILES string of the molecule is CC/C=C\C(=N)C1=C[C@H](c2ccc(Oc3ccc(Cc4ccc(C5CO5)cc4)cc3)cc2)CC(C2=CCCN2)N1. The van der Waals surface area contributed by atoms with Crippen molar-refractivity contribution in [1.29, 1.82) is 5.41 Å². The summed E-state index contributed by atoms with van der Waals surface area (Å²) in [6.45, 7) is 3.92. The van der Waals surface area contributed by atoms with E-state index >= 15 is 0 Å². The van der Waals surface area contributed by atoms with Crippen molar-refractivity contribution in [2.24, 2.45) is 0 Å². The minimum Gasteiger partial charge on any atom is -0.457 e. The lowest BCUT2D eigenvalue weighted by Crippen LogP contribution is -2.40. The molecular formula is C35H37N3O2. The van der Waals surface area contributed by atoms with Crippen LogP contribution < -0.4 is 15.4 Å². The van der Waals surface area contributed by atoms with Crippen molar-refractivity contribution in [2.45, 2.75) is 50.7 Å². The minimum atomic E-state index is 0.183. The Morgan fingerprint density at radius 2 is 1.60 bits per heavy atom. The molecule has 0 spiro atoms. The standard InChI is InChI=1S/C35H37N3O2/c1-2-3-5-31(36)33-21-28(22-34(38-33)32-6-4-19-37-32)26-13-17-30(18-14-26)40-29-15-9-25(10-16-29)20-24-7-11-27(12-8-24)35-23-39-35/h3,5-18,21,28,34-38H,2,4,19-20,22-23H2,1H3/b5-3-,36-31?/t28-,34?,35?/m0/s1. The summed E-state index contributed by atoms with van der Waals surface area (Å²) in [5.74, 6) is 1.87. The molecule has 0 amide bonds. The van der Waals surface area contributed by atoms with Gasteiger partial charge in [-0.1, -0.05) is 73.7 Å². The molecular weight excluding hydrogens is 494 g/mol. The van der Waals surface area contributed by atoms with Gasteiger partial charge < -0.3 is 20.1 Å². The maximum atomic E-state index is 8.58. The van der Waals surface area contributed by atoms with Crippen LogP contribution in [-0.2, 0) is 11.2 Å². The lowest BCUT2D eigenvalue weighted by Gasteiger charge is -2.32. The number of ether oxygens (including phenoxy) is 2. The summed E-state index contributed by atoms with van der Waals surface area (Å²) in [4.78, 5) is 0. The van der Waals surface area contributed by atoms with Gasteiger partial charge in [-0.2, -0.15) is 0 Å². The molecule has 5 heteroatoms. The molecule has 3 aromatic carbocycles. The van der Waals surface area contributed by atoms with Gasteiger partial charge in [0.15, 0.2) is 0 Å². The van der Waals surface area contributed by atoms with E-state index in [9.17, 15) is 0 Å². The van der Waals surface area contributed by atoms with Gasteiger partial charge in [-0.3, -0.25) is 5.41 Å². The van der Waals surface area contributed by atoms with Crippen molar-refractivity contribution in [1.82, 2.24) is 10.6 Å². The Kier molecular flexibility index (Phi) is 7.83. The number of hydrogen-bond donors (Lipinski definition) is 3. The molecule has 3 N–H and O–H groups in total. The lowest BCUT2D eigenvalue weighted by molar-refractivity contribution is 0.415. The first kappa shape index (κ1) is 26.1. The van der Waals surface area contributed by atoms with Crippen LogP contribution >= 0.6 is 0 Å². The van der Waals surface area contributed by atoms with Crippen LogP contribution in [0.15, 0.2) is 108 Å². The summed E-state index contributed by atoms with van der Waals surface area (Å²) < 4.78 is 11.5. The molecule has 204 valence electrons. The quantitative estimate of drug-likeness (QED) is 0.189. The van der Waals surface area contributed by atoms with Crippen molar-refractivity contribution in [3.63, 3.8) is 0 Å². The van der Waals surface area contributed by atoms with Gasteiger partial charge in [-0.15, -0.1) is 0 Å². The average molecular weight is 532 g/mol. The highest BCUT2D eigenvalue weighted by Gasteiger charge is 2.28. The normalized spacial score (nSPS) is 21.8. The first-order valence-electron chi connectivity index (χ1n) is 14.4. The average Bonchev–Trinajstić information content (AvgIpc) is 3.70. The smallest absolute Gasteiger partial charge is 0.127 e. The van der Waals surface area contributed by atoms with Gasteiger partial charge in [-0.05, 0) is 78.3 Å². The van der Waals surface area contributed by atoms with E-state index in [4.69, 9.17) is 14.9 Å². The van der Waals surface area contributed by atoms with Crippen LogP contribution in [0.2, 0.25) is 0 Å². The molecule has 1 fully saturated rings. The summed E-state index contributed by atoms with van der Waals surface area (Å²) in [5, 5.41) is 15.7. The molecule has 0 bridgehead atoms. The molecule has 3 aromatic rings. The van der Waals surface area contributed by atoms with E-state index in [-0.39, 0.29) is 12.0 Å². The van der Waals surface area contributed by atoms with Crippen molar-refractivity contribution in [2.75, 3.05) is 13.2 Å². The van der Waals surface area contributed by atoms with Gasteiger partial charge in [-0.25, -0.2) is 0 Å². The maximum Gasteiger partial charge on any atom is 0.127 e. The van der Waals surface area contributed by atoms with Gasteiger partial charge in [0.2, 0.25) is 0 Å². The second-order valence-electron chi connectivity index (χ2n) is 10.8. The number of allylic oxidation sites excluding steroid dienone is 3. The Morgan fingerprint density at radius 1 is 0.950 bits per heavy atom. The number of hydrogen-bond acceptors (Lipinski definition) is 5. The monoisotopic (exact) mass is 531 g/mol. The summed E-state index contributed by atoms with van der Waals surface area (Å²) >= 11 is 0. The number of epoxide rings is 1. The summed E-state index contributed by atoms with van der Waals surface area (Å²) in [5.41, 5.74) is 7.72. The first-order valence-corrected chi connectivity index (χ1v) is 14.4. The van der Waals surface area contributed by atoms with Crippen molar-refractivity contribution in [3.8, 4) is 11.5 Å². The van der Waals surface area contributed by atoms with Crippen LogP contribution in [0.4, 0.5) is 0 Å². The third kappa shape index (κ3) is 6.37. The van der Waals surface area contributed by atoms with Crippen LogP contribution in [0, 0.1) is 5.41 Å². The second kappa shape index (κ2) is 12.0. The molecule has 0 aliphatic carbocycles. The highest BCUT2D eigenvalue weighted by atomic mass is 16.6. The molecule has 3 heterocycles. The molecule has 2 unspecified atom stereocenters. The largest absolute Gasteiger partial charge is 0.457 e. The molecule has 6 rings (SSSR count). The van der Waals surface area contributed by atoms with Crippen LogP contribution in [0.3, 0.4) is 0 Å². The van der Waals surface area contributed by atoms with Crippen LogP contribution in [0.1, 0.15) is 60.5 Å². The Bertz CT molecular complexity index is 1410. The fourth-order valence-corrected chi connectivity index (χ4v) is 5.45. The fraction of sp³-hybridized carbons (Fsp3) is 0.286. The van der Waals surface area contributed by atoms with Gasteiger partial charge in [0.1, 0.15) is 17.6 Å². The van der Waals surface area contributed by atoms with Gasteiger partial charge in [0.25, 0.3) is 0 Å². The fourth-order valence-electron chi connectivity index (χ4n) is 5.45. The van der Waals surface area contributed by atoms with Crippen LogP contribution in [-0.4, -0.2) is 24.9 Å². The zero-order valence-corrected chi connectivity index (χ0v) is 23.0. The summed E-state index contributed by atoms with van der Waals surface area (Å²) in [6.07, 6.45) is 12.6. The topological polar surface area (TPSA) is 69.7 Å². The molecule has 5 nitrogen and oxygen atoms in total. The zero-order valence-electron chi connectivity index (χ0n) is 23.0. The Balaban J connectivity index is 1.11. The van der Waals surface area contributed by atoms with Crippen LogP contribution in [0.5, 0.6) is 11.5 Å². The second-order valence-corrected chi connectivity index (χ2v) is 10.8. The van der Waals surface area contributed by atoms with Crippen molar-refractivity contribution in [3.05, 3.63) is 131 Å². The lowest BCUT2D eigenvalue weighted by atomic mass is 9.86. The molecule has 1 saturated heterocycles. The molecule has 0 saturated carbocycles. The number of benzene rings is 3. The maximum absolute atomic E-state index is 8.58. The van der Waals surface area contributed by atoms with E-state index in [1.807, 2.05) is 36.4 Å². The van der Waals surface area contributed by atoms with E-state index < -0.39 is 0 Å². The molecule has 40 heavy (non-hydrogen) atoms. The molecule has 3 aliphatic heterocycles. The summed E-state index contributed by atoms with van der Waals surface area (Å²) in [6, 6.07) is 25.7. The Labute approximate surface area is 237 Å². The predicted molar refractivity (Wildman–Crippen MR) is 161 cm³/mol. The highest BCUT2D eigenvalue weighted by Crippen LogP contribution is 2.33.